The lowest BCUT2D eigenvalue weighted by Gasteiger charge is -2.18. The molecule has 0 saturated heterocycles. The number of unbranched alkanes of at least 4 members (excludes halogenated alkanes) is 1. The highest BCUT2D eigenvalue weighted by atomic mass is 35.5. The van der Waals surface area contributed by atoms with E-state index in [-0.39, 0.29) is 24.3 Å². The number of nitrogens with one attached hydrogen (secondary N) is 2. The van der Waals surface area contributed by atoms with Gasteiger partial charge in [0.1, 0.15) is 23.6 Å². The Bertz CT molecular complexity index is 1550. The second-order valence-corrected chi connectivity index (χ2v) is 13.1. The van der Waals surface area contributed by atoms with Gasteiger partial charge in [0.25, 0.3) is 0 Å². The van der Waals surface area contributed by atoms with Gasteiger partial charge in [0.2, 0.25) is 0 Å². The van der Waals surface area contributed by atoms with Crippen molar-refractivity contribution in [2.45, 2.75) is 85.0 Å². The standard InChI is InChI=1S/C31H33ClN2O6.C6H13NO2/c1-31(2,3)40-30(37)34-21-33-25-16-13-24(14-17-25)29(36)39-26-18-15-23(27(32)19-26)11-7-8-12-28(35)38-20-22-9-5-4-6-10-22;1-6(2,3)9-5(8)7-4/h4-6,9-10,13-19,21H,7-8,11-12,20H2,1-3H3,(H,33,34,37);1-4H3,(H,7,8). The number of esters is 2. The number of aryl methyl sites for hydroxylation is 1. The van der Waals surface area contributed by atoms with Crippen molar-refractivity contribution < 1.29 is 38.1 Å². The molecule has 264 valence electrons. The largest absolute Gasteiger partial charge is 0.461 e. The summed E-state index contributed by atoms with van der Waals surface area (Å²) in [5.41, 5.74) is 1.73. The number of rotatable bonds is 11. The number of amides is 2. The van der Waals surface area contributed by atoms with E-state index in [0.29, 0.717) is 41.3 Å². The van der Waals surface area contributed by atoms with Crippen molar-refractivity contribution in [2.75, 3.05) is 7.05 Å². The molecule has 0 aromatic heterocycles. The Labute approximate surface area is 293 Å². The Morgan fingerprint density at radius 3 is 2.02 bits per heavy atom. The second-order valence-electron chi connectivity index (χ2n) is 12.7. The van der Waals surface area contributed by atoms with E-state index < -0.39 is 17.7 Å². The minimum absolute atomic E-state index is 0.227. The van der Waals surface area contributed by atoms with Crippen LogP contribution in [0.15, 0.2) is 77.8 Å². The zero-order chi connectivity index (χ0) is 36.5. The summed E-state index contributed by atoms with van der Waals surface area (Å²) >= 11 is 6.41. The first-order valence-electron chi connectivity index (χ1n) is 15.8. The average Bonchev–Trinajstić information content (AvgIpc) is 3.02. The Hall–Kier alpha value is -4.90. The maximum absolute atomic E-state index is 12.6. The Morgan fingerprint density at radius 2 is 1.45 bits per heavy atom. The number of nitrogens with zero attached hydrogens (tertiary/aromatic N) is 1. The van der Waals surface area contributed by atoms with Crippen LogP contribution in [0.2, 0.25) is 5.02 Å². The van der Waals surface area contributed by atoms with Gasteiger partial charge < -0.3 is 24.3 Å². The molecule has 0 atom stereocenters. The van der Waals surface area contributed by atoms with Gasteiger partial charge in [-0.05, 0) is 108 Å². The van der Waals surface area contributed by atoms with E-state index in [1.54, 1.807) is 57.2 Å². The number of carbonyl (C=O) groups is 4. The zero-order valence-electron chi connectivity index (χ0n) is 29.1. The van der Waals surface area contributed by atoms with E-state index in [1.807, 2.05) is 57.2 Å². The molecular formula is C37H46ClN3O8. The van der Waals surface area contributed by atoms with Gasteiger partial charge in [0.05, 0.1) is 17.6 Å². The predicted octanol–water partition coefficient (Wildman–Crippen LogP) is 8.34. The summed E-state index contributed by atoms with van der Waals surface area (Å²) < 4.78 is 20.7. The average molecular weight is 696 g/mol. The summed E-state index contributed by atoms with van der Waals surface area (Å²) in [6.07, 6.45) is 2.69. The molecule has 49 heavy (non-hydrogen) atoms. The van der Waals surface area contributed by atoms with E-state index in [9.17, 15) is 19.2 Å². The first kappa shape index (κ1) is 40.3. The summed E-state index contributed by atoms with van der Waals surface area (Å²) in [4.78, 5) is 50.8. The normalized spacial score (nSPS) is 11.1. The molecule has 0 spiro atoms. The molecule has 11 nitrogen and oxygen atoms in total. The third-order valence-corrected chi connectivity index (χ3v) is 6.41. The Kier molecular flexibility index (Phi) is 16.3. The maximum Gasteiger partial charge on any atom is 0.412 e. The molecular weight excluding hydrogens is 650 g/mol. The molecule has 0 heterocycles. The molecule has 0 unspecified atom stereocenters. The first-order valence-corrected chi connectivity index (χ1v) is 16.2. The van der Waals surface area contributed by atoms with Crippen molar-refractivity contribution in [3.63, 3.8) is 0 Å². The Balaban J connectivity index is 0.000000811. The topological polar surface area (TPSA) is 142 Å². The molecule has 3 rings (SSSR count). The molecule has 0 saturated carbocycles. The van der Waals surface area contributed by atoms with Crippen LogP contribution in [0.5, 0.6) is 5.75 Å². The molecule has 0 aliphatic rings. The number of aliphatic imine (C=N–C) groups is 1. The quantitative estimate of drug-likeness (QED) is 0.0509. The van der Waals surface area contributed by atoms with Crippen LogP contribution in [-0.4, -0.2) is 48.7 Å². The van der Waals surface area contributed by atoms with E-state index in [4.69, 9.17) is 30.5 Å². The minimum atomic E-state index is -0.611. The highest BCUT2D eigenvalue weighted by Crippen LogP contribution is 2.25. The van der Waals surface area contributed by atoms with Gasteiger partial charge in [-0.2, -0.15) is 0 Å². The first-order chi connectivity index (χ1) is 23.0. The van der Waals surface area contributed by atoms with Crippen LogP contribution in [0, 0.1) is 0 Å². The van der Waals surface area contributed by atoms with Crippen LogP contribution in [0.1, 0.15) is 82.3 Å². The van der Waals surface area contributed by atoms with Crippen LogP contribution < -0.4 is 15.4 Å². The van der Waals surface area contributed by atoms with Crippen LogP contribution >= 0.6 is 11.6 Å². The predicted molar refractivity (Wildman–Crippen MR) is 189 cm³/mol. The lowest BCUT2D eigenvalue weighted by Crippen LogP contribution is -2.31. The SMILES string of the molecule is CC(C)(C)OC(=O)NC=Nc1ccc(C(=O)Oc2ccc(CCCCC(=O)OCc3ccccc3)c(Cl)c2)cc1.CNC(=O)OC(C)(C)C. The third kappa shape index (κ3) is 17.7. The molecule has 3 aromatic rings. The molecule has 0 aliphatic heterocycles. The van der Waals surface area contributed by atoms with Gasteiger partial charge in [-0.15, -0.1) is 0 Å². The number of carbonyl (C=O) groups excluding carboxylic acids is 4. The molecule has 0 fully saturated rings. The van der Waals surface area contributed by atoms with Gasteiger partial charge in [0, 0.05) is 18.5 Å². The fourth-order valence-electron chi connectivity index (χ4n) is 3.84. The van der Waals surface area contributed by atoms with Crippen LogP contribution in [0.25, 0.3) is 0 Å². The van der Waals surface area contributed by atoms with Crippen molar-refractivity contribution in [1.82, 2.24) is 10.6 Å². The second kappa shape index (κ2) is 19.8. The molecule has 0 bridgehead atoms. The smallest absolute Gasteiger partial charge is 0.412 e. The molecule has 2 amide bonds. The molecule has 0 aliphatic carbocycles. The number of alkyl carbamates (subject to hydrolysis) is 2. The number of halogens is 1. The van der Waals surface area contributed by atoms with Crippen molar-refractivity contribution in [1.29, 1.82) is 0 Å². The van der Waals surface area contributed by atoms with E-state index >= 15 is 0 Å². The van der Waals surface area contributed by atoms with Gasteiger partial charge in [-0.25, -0.2) is 19.4 Å². The highest BCUT2D eigenvalue weighted by molar-refractivity contribution is 6.31. The van der Waals surface area contributed by atoms with Crippen molar-refractivity contribution in [3.8, 4) is 5.75 Å². The fraction of sp³-hybridized carbons (Fsp3) is 0.378. The van der Waals surface area contributed by atoms with Crippen molar-refractivity contribution in [2.24, 2.45) is 4.99 Å². The van der Waals surface area contributed by atoms with Crippen molar-refractivity contribution >= 4 is 47.8 Å². The van der Waals surface area contributed by atoms with Crippen LogP contribution in [0.3, 0.4) is 0 Å². The summed E-state index contributed by atoms with van der Waals surface area (Å²) in [6.45, 7) is 11.0. The summed E-state index contributed by atoms with van der Waals surface area (Å²) in [5, 5.41) is 5.27. The Morgan fingerprint density at radius 1 is 0.816 bits per heavy atom. The monoisotopic (exact) mass is 695 g/mol. The zero-order valence-corrected chi connectivity index (χ0v) is 29.9. The number of hydrogen-bond acceptors (Lipinski definition) is 9. The van der Waals surface area contributed by atoms with Crippen molar-refractivity contribution in [3.05, 3.63) is 94.5 Å². The summed E-state index contributed by atoms with van der Waals surface area (Å²) in [7, 11) is 1.54. The maximum atomic E-state index is 12.6. The highest BCUT2D eigenvalue weighted by Gasteiger charge is 2.16. The van der Waals surface area contributed by atoms with Gasteiger partial charge >= 0.3 is 24.1 Å². The summed E-state index contributed by atoms with van der Waals surface area (Å²) in [6, 6.07) is 21.1. The molecule has 12 heteroatoms. The van der Waals surface area contributed by atoms with Gasteiger partial charge in [-0.3, -0.25) is 10.1 Å². The lowest BCUT2D eigenvalue weighted by molar-refractivity contribution is -0.145. The lowest BCUT2D eigenvalue weighted by atomic mass is 10.1. The van der Waals surface area contributed by atoms with Crippen LogP contribution in [0.4, 0.5) is 15.3 Å². The fourth-order valence-corrected chi connectivity index (χ4v) is 4.10. The number of benzene rings is 3. The van der Waals surface area contributed by atoms with E-state index in [2.05, 4.69) is 15.6 Å². The molecule has 2 N–H and O–H groups in total. The summed E-state index contributed by atoms with van der Waals surface area (Å²) in [5.74, 6) is -0.443. The third-order valence-electron chi connectivity index (χ3n) is 6.06. The van der Waals surface area contributed by atoms with Gasteiger partial charge in [-0.1, -0.05) is 48.0 Å². The number of hydrogen-bond donors (Lipinski definition) is 2. The van der Waals surface area contributed by atoms with E-state index in [1.165, 1.54) is 13.4 Å². The van der Waals surface area contributed by atoms with E-state index in [0.717, 1.165) is 17.5 Å². The molecule has 3 aromatic carbocycles. The van der Waals surface area contributed by atoms with Crippen LogP contribution in [-0.2, 0) is 32.0 Å². The van der Waals surface area contributed by atoms with Gasteiger partial charge in [0.15, 0.2) is 0 Å². The minimum Gasteiger partial charge on any atom is -0.461 e. The molecule has 0 radical (unpaired) electrons. The number of ether oxygens (including phenoxy) is 4.